The third-order valence-electron chi connectivity index (χ3n) is 2.28. The molecule has 1 unspecified atom stereocenters. The van der Waals surface area contributed by atoms with Gasteiger partial charge in [-0.1, -0.05) is 6.92 Å². The number of ether oxygens (including phenoxy) is 1. The lowest BCUT2D eigenvalue weighted by atomic mass is 10.0. The molecular formula is C10H10O3. The minimum Gasteiger partial charge on any atom is -0.493 e. The van der Waals surface area contributed by atoms with Crippen LogP contribution in [-0.2, 0) is 0 Å². The molecule has 0 aromatic heterocycles. The average molecular weight is 178 g/mol. The molecule has 2 rings (SSSR count). The van der Waals surface area contributed by atoms with Crippen molar-refractivity contribution in [2.45, 2.75) is 12.8 Å². The lowest BCUT2D eigenvalue weighted by molar-refractivity contribution is 0.0697. The van der Waals surface area contributed by atoms with Crippen LogP contribution in [0.2, 0.25) is 0 Å². The molecule has 3 heteroatoms. The first-order valence-corrected chi connectivity index (χ1v) is 4.18. The highest BCUT2D eigenvalue weighted by Crippen LogP contribution is 2.33. The van der Waals surface area contributed by atoms with E-state index in [0.717, 1.165) is 11.3 Å². The Kier molecular flexibility index (Phi) is 1.72. The largest absolute Gasteiger partial charge is 0.493 e. The zero-order chi connectivity index (χ0) is 9.42. The Hall–Kier alpha value is -1.51. The second kappa shape index (κ2) is 2.76. The molecule has 0 aliphatic carbocycles. The standard InChI is InChI=1S/C10H10O3/c1-6-5-13-9-3-2-7(10(11)12)4-8(6)9/h2-4,6H,5H2,1H3,(H,11,12). The summed E-state index contributed by atoms with van der Waals surface area (Å²) in [5, 5.41) is 8.76. The first kappa shape index (κ1) is 8.10. The van der Waals surface area contributed by atoms with Crippen molar-refractivity contribution in [1.82, 2.24) is 0 Å². The molecular weight excluding hydrogens is 168 g/mol. The summed E-state index contributed by atoms with van der Waals surface area (Å²) in [6.45, 7) is 2.68. The Morgan fingerprint density at radius 1 is 1.62 bits per heavy atom. The summed E-state index contributed by atoms with van der Waals surface area (Å²) in [6, 6.07) is 4.98. The van der Waals surface area contributed by atoms with Crippen LogP contribution in [0.3, 0.4) is 0 Å². The second-order valence-electron chi connectivity index (χ2n) is 3.27. The number of benzene rings is 1. The summed E-state index contributed by atoms with van der Waals surface area (Å²) < 4.78 is 5.35. The number of rotatable bonds is 1. The maximum Gasteiger partial charge on any atom is 0.335 e. The van der Waals surface area contributed by atoms with Gasteiger partial charge in [0, 0.05) is 11.5 Å². The summed E-state index contributed by atoms with van der Waals surface area (Å²) >= 11 is 0. The van der Waals surface area contributed by atoms with E-state index in [1.807, 2.05) is 6.92 Å². The molecule has 1 aromatic rings. The van der Waals surface area contributed by atoms with Gasteiger partial charge in [-0.05, 0) is 18.2 Å². The van der Waals surface area contributed by atoms with E-state index >= 15 is 0 Å². The fraction of sp³-hybridized carbons (Fsp3) is 0.300. The molecule has 0 saturated carbocycles. The van der Waals surface area contributed by atoms with Gasteiger partial charge in [-0.25, -0.2) is 4.79 Å². The van der Waals surface area contributed by atoms with Gasteiger partial charge in [-0.3, -0.25) is 0 Å². The third-order valence-corrected chi connectivity index (χ3v) is 2.28. The van der Waals surface area contributed by atoms with Gasteiger partial charge >= 0.3 is 5.97 Å². The summed E-state index contributed by atoms with van der Waals surface area (Å²) in [6.07, 6.45) is 0. The molecule has 1 aliphatic rings. The van der Waals surface area contributed by atoms with E-state index in [1.165, 1.54) is 0 Å². The van der Waals surface area contributed by atoms with Crippen LogP contribution in [-0.4, -0.2) is 17.7 Å². The van der Waals surface area contributed by atoms with Crippen LogP contribution in [0, 0.1) is 0 Å². The zero-order valence-corrected chi connectivity index (χ0v) is 7.28. The number of carboxylic acids is 1. The van der Waals surface area contributed by atoms with E-state index in [0.29, 0.717) is 18.1 Å². The summed E-state index contributed by atoms with van der Waals surface area (Å²) in [4.78, 5) is 10.7. The average Bonchev–Trinajstić information content (AvgIpc) is 2.47. The molecule has 0 saturated heterocycles. The van der Waals surface area contributed by atoms with Gasteiger partial charge in [0.05, 0.1) is 12.2 Å². The van der Waals surface area contributed by atoms with Crippen LogP contribution >= 0.6 is 0 Å². The Morgan fingerprint density at radius 3 is 3.08 bits per heavy atom. The molecule has 1 N–H and O–H groups in total. The van der Waals surface area contributed by atoms with Gasteiger partial charge < -0.3 is 9.84 Å². The molecule has 0 spiro atoms. The van der Waals surface area contributed by atoms with Crippen LogP contribution in [0.15, 0.2) is 18.2 Å². The van der Waals surface area contributed by atoms with Crippen LogP contribution in [0.1, 0.15) is 28.8 Å². The van der Waals surface area contributed by atoms with Gasteiger partial charge in [-0.2, -0.15) is 0 Å². The molecule has 0 radical (unpaired) electrons. The molecule has 0 amide bonds. The van der Waals surface area contributed by atoms with Crippen molar-refractivity contribution in [1.29, 1.82) is 0 Å². The number of hydrogen-bond acceptors (Lipinski definition) is 2. The monoisotopic (exact) mass is 178 g/mol. The van der Waals surface area contributed by atoms with Crippen molar-refractivity contribution in [3.05, 3.63) is 29.3 Å². The van der Waals surface area contributed by atoms with E-state index in [1.54, 1.807) is 18.2 Å². The normalized spacial score (nSPS) is 19.3. The van der Waals surface area contributed by atoms with Crippen LogP contribution in [0.4, 0.5) is 0 Å². The van der Waals surface area contributed by atoms with Crippen LogP contribution in [0.25, 0.3) is 0 Å². The number of fused-ring (bicyclic) bond motifs is 1. The highest BCUT2D eigenvalue weighted by molar-refractivity contribution is 5.88. The van der Waals surface area contributed by atoms with Gasteiger partial charge in [0.1, 0.15) is 5.75 Å². The quantitative estimate of drug-likeness (QED) is 0.714. The van der Waals surface area contributed by atoms with Crippen LogP contribution in [0.5, 0.6) is 5.75 Å². The molecule has 0 bridgehead atoms. The predicted octanol–water partition coefficient (Wildman–Crippen LogP) is 1.88. The minimum atomic E-state index is -0.887. The maximum atomic E-state index is 10.7. The van der Waals surface area contributed by atoms with Crippen molar-refractivity contribution in [3.63, 3.8) is 0 Å². The first-order valence-electron chi connectivity index (χ1n) is 4.18. The SMILES string of the molecule is CC1COc2ccc(C(=O)O)cc21. The molecule has 1 aromatic carbocycles. The summed E-state index contributed by atoms with van der Waals surface area (Å²) in [7, 11) is 0. The minimum absolute atomic E-state index is 0.300. The Morgan fingerprint density at radius 2 is 2.38 bits per heavy atom. The topological polar surface area (TPSA) is 46.5 Å². The Balaban J connectivity index is 2.47. The summed E-state index contributed by atoms with van der Waals surface area (Å²) in [5.41, 5.74) is 1.33. The van der Waals surface area contributed by atoms with Gasteiger partial charge in [0.15, 0.2) is 0 Å². The second-order valence-corrected chi connectivity index (χ2v) is 3.27. The predicted molar refractivity (Wildman–Crippen MR) is 47.3 cm³/mol. The number of carbonyl (C=O) groups is 1. The molecule has 1 atom stereocenters. The molecule has 1 aliphatic heterocycles. The lowest BCUT2D eigenvalue weighted by Gasteiger charge is -2.01. The zero-order valence-electron chi connectivity index (χ0n) is 7.28. The van der Waals surface area contributed by atoms with Crippen molar-refractivity contribution >= 4 is 5.97 Å². The number of aromatic carboxylic acids is 1. The van der Waals surface area contributed by atoms with Crippen molar-refractivity contribution < 1.29 is 14.6 Å². The molecule has 3 nitrogen and oxygen atoms in total. The molecule has 0 fully saturated rings. The van der Waals surface area contributed by atoms with E-state index in [4.69, 9.17) is 9.84 Å². The fourth-order valence-electron chi connectivity index (χ4n) is 1.50. The molecule has 13 heavy (non-hydrogen) atoms. The van der Waals surface area contributed by atoms with E-state index in [-0.39, 0.29) is 0 Å². The smallest absolute Gasteiger partial charge is 0.335 e. The molecule has 1 heterocycles. The highest BCUT2D eigenvalue weighted by Gasteiger charge is 2.21. The fourth-order valence-corrected chi connectivity index (χ4v) is 1.50. The van der Waals surface area contributed by atoms with E-state index < -0.39 is 5.97 Å². The van der Waals surface area contributed by atoms with E-state index in [9.17, 15) is 4.79 Å². The van der Waals surface area contributed by atoms with Crippen molar-refractivity contribution in [3.8, 4) is 5.75 Å². The third kappa shape index (κ3) is 1.26. The Bertz CT molecular complexity index is 357. The van der Waals surface area contributed by atoms with Crippen LogP contribution < -0.4 is 4.74 Å². The van der Waals surface area contributed by atoms with E-state index in [2.05, 4.69) is 0 Å². The maximum absolute atomic E-state index is 10.7. The molecule has 68 valence electrons. The summed E-state index contributed by atoms with van der Waals surface area (Å²) in [5.74, 6) is 0.230. The van der Waals surface area contributed by atoms with Crippen molar-refractivity contribution in [2.24, 2.45) is 0 Å². The Labute approximate surface area is 76.0 Å². The van der Waals surface area contributed by atoms with Gasteiger partial charge in [0.25, 0.3) is 0 Å². The highest BCUT2D eigenvalue weighted by atomic mass is 16.5. The number of carboxylic acid groups (broad SMARTS) is 1. The van der Waals surface area contributed by atoms with Gasteiger partial charge in [0.2, 0.25) is 0 Å². The van der Waals surface area contributed by atoms with Gasteiger partial charge in [-0.15, -0.1) is 0 Å². The van der Waals surface area contributed by atoms with Crippen molar-refractivity contribution in [2.75, 3.05) is 6.61 Å². The lowest BCUT2D eigenvalue weighted by Crippen LogP contribution is -1.97. The first-order chi connectivity index (χ1) is 6.18. The number of hydrogen-bond donors (Lipinski definition) is 1.